The maximum absolute atomic E-state index is 13.6. The lowest BCUT2D eigenvalue weighted by Crippen LogP contribution is -2.52. The fraction of sp³-hybridized carbons (Fsp3) is 0.397. The van der Waals surface area contributed by atoms with Crippen LogP contribution in [0.1, 0.15) is 25.0 Å². The molecular weight excluding hydrogens is 1120 g/mol. The van der Waals surface area contributed by atoms with Crippen molar-refractivity contribution in [2.24, 2.45) is 0 Å². The van der Waals surface area contributed by atoms with Crippen LogP contribution in [0, 0.1) is 5.82 Å². The average molecular weight is 1190 g/mol. The zero-order valence-corrected chi connectivity index (χ0v) is 47.6. The summed E-state index contributed by atoms with van der Waals surface area (Å²) in [4.78, 5) is 62.2. The largest absolute Gasteiger partial charge is 0.416 e. The summed E-state index contributed by atoms with van der Waals surface area (Å²) in [5.74, 6) is -0.139. The summed E-state index contributed by atoms with van der Waals surface area (Å²) in [6.45, 7) is 12.8. The first-order valence-corrected chi connectivity index (χ1v) is 29.4. The predicted octanol–water partition coefficient (Wildman–Crippen LogP) is 8.82. The second-order valence-corrected chi connectivity index (χ2v) is 23.5. The van der Waals surface area contributed by atoms with Gasteiger partial charge in [-0.05, 0) is 72.8 Å². The summed E-state index contributed by atoms with van der Waals surface area (Å²) in [7, 11) is -1.39. The lowest BCUT2D eigenvalue weighted by Gasteiger charge is -2.38. The van der Waals surface area contributed by atoms with Crippen LogP contribution in [-0.2, 0) is 32.0 Å². The molecule has 84 heavy (non-hydrogen) atoms. The summed E-state index contributed by atoms with van der Waals surface area (Å²) >= 11 is 0. The minimum atomic E-state index is -4.43. The number of sulfonamides is 1. The topological polar surface area (TPSA) is 178 Å². The number of rotatable bonds is 5. The van der Waals surface area contributed by atoms with Crippen LogP contribution in [0.5, 0.6) is 0 Å². The molecule has 0 spiro atoms. The number of H-pyrrole nitrogens is 4. The Balaban J connectivity index is 0.000000125. The van der Waals surface area contributed by atoms with E-state index in [9.17, 15) is 53.5 Å². The average Bonchev–Trinajstić information content (AvgIpc) is 2.78. The Labute approximate surface area is 480 Å². The molecule has 0 saturated carbocycles. The van der Waals surface area contributed by atoms with E-state index in [4.69, 9.17) is 0 Å². The summed E-state index contributed by atoms with van der Waals surface area (Å²) in [5, 5.41) is 3.76. The molecule has 1 unspecified atom stereocenters. The van der Waals surface area contributed by atoms with Gasteiger partial charge in [-0.2, -0.15) is 30.6 Å². The number of urea groups is 1. The molecule has 4 aromatic heterocycles. The number of hydrogen-bond acceptors (Lipinski definition) is 9. The first kappa shape index (κ1) is 59.0. The molecule has 13 rings (SSSR count). The van der Waals surface area contributed by atoms with E-state index in [1.54, 1.807) is 47.3 Å². The number of likely N-dealkylation sites (N-methyl/N-ethyl adjacent to an activating group) is 1. The van der Waals surface area contributed by atoms with E-state index >= 15 is 0 Å². The maximum Gasteiger partial charge on any atom is 0.416 e. The number of nitrogens with zero attached hydrogens (tertiary/aromatic N) is 9. The molecule has 5 fully saturated rings. The van der Waals surface area contributed by atoms with Crippen LogP contribution in [-0.4, -0.2) is 194 Å². The Hall–Kier alpha value is -8.13. The van der Waals surface area contributed by atoms with Gasteiger partial charge in [0.15, 0.2) is 0 Å². The van der Waals surface area contributed by atoms with Gasteiger partial charge in [0.2, 0.25) is 21.8 Å². The third-order valence-electron chi connectivity index (χ3n) is 16.2. The highest BCUT2D eigenvalue weighted by molar-refractivity contribution is 7.88. The van der Waals surface area contributed by atoms with E-state index in [0.29, 0.717) is 86.2 Å². The summed E-state index contributed by atoms with van der Waals surface area (Å²) in [5.41, 5.74) is 4.70. The minimum absolute atomic E-state index is 0.00418. The van der Waals surface area contributed by atoms with Crippen molar-refractivity contribution in [1.82, 2.24) is 43.8 Å². The van der Waals surface area contributed by atoms with E-state index in [1.165, 1.54) is 40.0 Å². The highest BCUT2D eigenvalue weighted by Crippen LogP contribution is 2.39. The molecule has 9 heterocycles. The van der Waals surface area contributed by atoms with Crippen LogP contribution < -0.4 is 19.6 Å². The predicted molar refractivity (Wildman–Crippen MR) is 311 cm³/mol. The number of nitrogens with one attached hydrogen (secondary N) is 4. The molecule has 18 nitrogen and oxygen atoms in total. The van der Waals surface area contributed by atoms with E-state index in [2.05, 4.69) is 54.0 Å². The van der Waals surface area contributed by atoms with Crippen LogP contribution in [0.15, 0.2) is 104 Å². The van der Waals surface area contributed by atoms with Crippen molar-refractivity contribution in [2.45, 2.75) is 32.2 Å². The number of anilines is 4. The lowest BCUT2D eigenvalue weighted by atomic mass is 10.1. The van der Waals surface area contributed by atoms with Crippen molar-refractivity contribution >= 4 is 94.2 Å². The molecule has 4 amide bonds. The van der Waals surface area contributed by atoms with Gasteiger partial charge in [-0.15, -0.1) is 0 Å². The van der Waals surface area contributed by atoms with Gasteiger partial charge in [0.25, 0.3) is 0 Å². The Kier molecular flexibility index (Phi) is 16.8. The number of carbonyl (C=O) groups is 3. The Morgan fingerprint density at radius 2 is 0.905 bits per heavy atom. The molecule has 1 atom stereocenters. The van der Waals surface area contributed by atoms with Gasteiger partial charge >= 0.3 is 18.4 Å². The van der Waals surface area contributed by atoms with Crippen molar-refractivity contribution in [1.29, 1.82) is 0 Å². The highest BCUT2D eigenvalue weighted by Gasteiger charge is 2.40. The monoisotopic (exact) mass is 1190 g/mol. The zero-order chi connectivity index (χ0) is 59.8. The quantitative estimate of drug-likeness (QED) is 0.123. The molecular formula is C58H66F7N13O5S. The number of alkyl halides is 6. The number of benzene rings is 4. The van der Waals surface area contributed by atoms with Crippen LogP contribution in [0.4, 0.5) is 58.3 Å². The number of carbonyl (C=O) groups excluding carboxylic acids is 3. The van der Waals surface area contributed by atoms with E-state index in [0.717, 1.165) is 85.7 Å². The zero-order valence-electron chi connectivity index (χ0n) is 46.8. The molecule has 0 bridgehead atoms. The molecule has 4 N–H and O–H groups in total. The lowest BCUT2D eigenvalue weighted by molar-refractivity contribution is -0.138. The van der Waals surface area contributed by atoms with Gasteiger partial charge in [-0.25, -0.2) is 17.6 Å². The number of piperazine rings is 4. The van der Waals surface area contributed by atoms with Gasteiger partial charge < -0.3 is 59.1 Å². The van der Waals surface area contributed by atoms with Gasteiger partial charge in [0, 0.05) is 211 Å². The second-order valence-electron chi connectivity index (χ2n) is 21.5. The van der Waals surface area contributed by atoms with Crippen molar-refractivity contribution in [3.63, 3.8) is 0 Å². The van der Waals surface area contributed by atoms with E-state index in [1.807, 2.05) is 45.1 Å². The van der Waals surface area contributed by atoms with Gasteiger partial charge in [0.1, 0.15) is 5.82 Å². The Morgan fingerprint density at radius 1 is 0.500 bits per heavy atom. The highest BCUT2D eigenvalue weighted by atomic mass is 32.2. The minimum Gasteiger partial charge on any atom is -0.368 e. The third-order valence-corrected chi connectivity index (χ3v) is 17.5. The number of aromatic amines is 4. The summed E-state index contributed by atoms with van der Waals surface area (Å²) in [6.07, 6.45) is -0.632. The number of hydrogen-bond donors (Lipinski definition) is 4. The van der Waals surface area contributed by atoms with Crippen molar-refractivity contribution in [2.75, 3.05) is 138 Å². The second kappa shape index (κ2) is 23.9. The molecule has 0 aliphatic carbocycles. The molecule has 4 aromatic carbocycles. The summed E-state index contributed by atoms with van der Waals surface area (Å²) < 4.78 is 116. The van der Waals surface area contributed by atoms with Crippen molar-refractivity contribution in [3.05, 3.63) is 121 Å². The number of amides is 4. The molecule has 448 valence electrons. The Morgan fingerprint density at radius 3 is 1.35 bits per heavy atom. The molecule has 5 saturated heterocycles. The first-order valence-electron chi connectivity index (χ1n) is 27.6. The van der Waals surface area contributed by atoms with Crippen LogP contribution in [0.25, 0.3) is 43.6 Å². The number of fused-ring (bicyclic) bond motifs is 5. The normalized spacial score (nSPS) is 18.2. The standard InChI is InChI=1S/C15H16F3N3O.C15H18N4O.C14H16F3N3O2S.C14H16FN3O/c1-10(22)20-4-6-21(7-5-20)14-9-11(15(16,17)18)8-13-12(14)2-3-19-13;1-17-9-11-10-18(7-8-19(11)15(17)20)14-4-2-3-13-12(14)5-6-16-13;1-23(21,22)20-6-4-19(5-7-20)13-9-10(14(15,16)17)8-12-11(13)2-3-18-12;1-10(19)17-4-6-18(7-5-17)14-9-11(15)8-13-12(14)2-3-16-13/h2-3,8-9,19H,4-7H2,1H3;2-6,11,16H,7-10H2,1H3;2-3,8-9,18H,4-7H2,1H3;2-3,8-9,16H,4-7H2,1H3. The molecule has 5 aliphatic rings. The molecule has 5 aliphatic heterocycles. The summed E-state index contributed by atoms with van der Waals surface area (Å²) in [6, 6.07) is 22.1. The smallest absolute Gasteiger partial charge is 0.368 e. The van der Waals surface area contributed by atoms with Gasteiger partial charge in [-0.1, -0.05) is 6.07 Å². The molecule has 26 heteroatoms. The first-order chi connectivity index (χ1) is 39.9. The molecule has 0 radical (unpaired) electrons. The van der Waals surface area contributed by atoms with Crippen LogP contribution in [0.2, 0.25) is 0 Å². The third kappa shape index (κ3) is 12.8. The van der Waals surface area contributed by atoms with Crippen LogP contribution >= 0.6 is 0 Å². The SMILES string of the molecule is CC(=O)N1CCN(c2cc(C(F)(F)F)cc3[nH]ccc23)CC1.CC(=O)N1CCN(c2cc(F)cc3[nH]ccc23)CC1.CN1CC2CN(c3cccc4[nH]ccc34)CCN2C1=O.CS(=O)(=O)N1CCN(c2cc(C(F)(F)F)cc3[nH]ccc23)CC1. The number of halogens is 7. The van der Waals surface area contributed by atoms with Gasteiger partial charge in [0.05, 0.1) is 28.9 Å². The van der Waals surface area contributed by atoms with E-state index < -0.39 is 33.5 Å². The molecule has 8 aromatic rings. The maximum atomic E-state index is 13.6. The van der Waals surface area contributed by atoms with Crippen molar-refractivity contribution in [3.8, 4) is 0 Å². The van der Waals surface area contributed by atoms with Crippen LogP contribution in [0.3, 0.4) is 0 Å². The number of aromatic nitrogens is 4. The Bertz CT molecular complexity index is 3780. The van der Waals surface area contributed by atoms with E-state index in [-0.39, 0.29) is 36.8 Å². The van der Waals surface area contributed by atoms with Gasteiger partial charge in [-0.3, -0.25) is 9.59 Å². The van der Waals surface area contributed by atoms with Crippen molar-refractivity contribution < 1.29 is 53.5 Å². The fourth-order valence-corrected chi connectivity index (χ4v) is 12.6. The fourth-order valence-electron chi connectivity index (χ4n) is 11.7.